The van der Waals surface area contributed by atoms with Crippen LogP contribution in [-0.2, 0) is 9.47 Å². The molecule has 1 aromatic carbocycles. The first-order valence-corrected chi connectivity index (χ1v) is 5.22. The number of nitrogens with one attached hydrogen (secondary N) is 2. The van der Waals surface area contributed by atoms with E-state index < -0.39 is 0 Å². The van der Waals surface area contributed by atoms with Gasteiger partial charge in [0.05, 0.1) is 13.2 Å². The van der Waals surface area contributed by atoms with E-state index in [1.165, 1.54) is 0 Å². The molecule has 0 aliphatic rings. The van der Waals surface area contributed by atoms with E-state index in [0.717, 1.165) is 0 Å². The molecular formula is C12H16N2O2. The molecule has 0 atom stereocenters. The van der Waals surface area contributed by atoms with E-state index in [-0.39, 0.29) is 11.8 Å². The molecule has 0 saturated heterocycles. The van der Waals surface area contributed by atoms with E-state index in [1.807, 2.05) is 13.8 Å². The smallest absolute Gasteiger partial charge is 0.213 e. The Bertz CT molecular complexity index is 334. The molecule has 0 amide bonds. The average molecular weight is 220 g/mol. The molecule has 0 bridgehead atoms. The van der Waals surface area contributed by atoms with E-state index in [1.54, 1.807) is 24.3 Å². The second-order valence-electron chi connectivity index (χ2n) is 3.10. The van der Waals surface area contributed by atoms with Gasteiger partial charge in [0, 0.05) is 11.1 Å². The van der Waals surface area contributed by atoms with Crippen molar-refractivity contribution in [3.63, 3.8) is 0 Å². The van der Waals surface area contributed by atoms with Crippen LogP contribution in [0.2, 0.25) is 0 Å². The Balaban J connectivity index is 2.75. The van der Waals surface area contributed by atoms with E-state index in [2.05, 4.69) is 0 Å². The molecule has 0 fully saturated rings. The second kappa shape index (κ2) is 5.90. The van der Waals surface area contributed by atoms with Crippen molar-refractivity contribution in [2.24, 2.45) is 0 Å². The molecule has 4 heteroatoms. The molecule has 16 heavy (non-hydrogen) atoms. The van der Waals surface area contributed by atoms with Crippen LogP contribution in [0.5, 0.6) is 0 Å². The first kappa shape index (κ1) is 12.2. The highest BCUT2D eigenvalue weighted by Crippen LogP contribution is 2.07. The summed E-state index contributed by atoms with van der Waals surface area (Å²) < 4.78 is 10.1. The van der Waals surface area contributed by atoms with Gasteiger partial charge in [-0.15, -0.1) is 0 Å². The summed E-state index contributed by atoms with van der Waals surface area (Å²) in [7, 11) is 0. The van der Waals surface area contributed by atoms with Crippen molar-refractivity contribution in [3.8, 4) is 0 Å². The molecule has 86 valence electrons. The number of benzene rings is 1. The van der Waals surface area contributed by atoms with Gasteiger partial charge in [0.15, 0.2) is 0 Å². The molecule has 0 heterocycles. The first-order valence-electron chi connectivity index (χ1n) is 5.22. The first-order chi connectivity index (χ1) is 7.69. The van der Waals surface area contributed by atoms with Crippen LogP contribution in [0.4, 0.5) is 0 Å². The van der Waals surface area contributed by atoms with Crippen molar-refractivity contribution in [1.82, 2.24) is 0 Å². The van der Waals surface area contributed by atoms with Crippen LogP contribution in [-0.4, -0.2) is 25.0 Å². The Morgan fingerprint density at radius 1 is 0.875 bits per heavy atom. The molecule has 0 aliphatic carbocycles. The van der Waals surface area contributed by atoms with Crippen molar-refractivity contribution < 1.29 is 9.47 Å². The molecule has 0 aromatic heterocycles. The SMILES string of the molecule is CCOC(=N)c1ccc(C(=N)OCC)cc1. The van der Waals surface area contributed by atoms with Gasteiger partial charge in [0.25, 0.3) is 0 Å². The van der Waals surface area contributed by atoms with Gasteiger partial charge < -0.3 is 9.47 Å². The fraction of sp³-hybridized carbons (Fsp3) is 0.333. The Hall–Kier alpha value is -1.84. The summed E-state index contributed by atoms with van der Waals surface area (Å²) in [5.41, 5.74) is 1.41. The number of rotatable bonds is 4. The molecule has 1 rings (SSSR count). The Labute approximate surface area is 95.2 Å². The van der Waals surface area contributed by atoms with E-state index in [4.69, 9.17) is 20.3 Å². The summed E-state index contributed by atoms with van der Waals surface area (Å²) in [4.78, 5) is 0. The van der Waals surface area contributed by atoms with Crippen molar-refractivity contribution in [2.75, 3.05) is 13.2 Å². The minimum absolute atomic E-state index is 0.150. The average Bonchev–Trinajstić information content (AvgIpc) is 2.30. The third kappa shape index (κ3) is 3.08. The van der Waals surface area contributed by atoms with Gasteiger partial charge >= 0.3 is 0 Å². The fourth-order valence-corrected chi connectivity index (χ4v) is 1.23. The monoisotopic (exact) mass is 220 g/mol. The van der Waals surface area contributed by atoms with Gasteiger partial charge in [-0.1, -0.05) is 0 Å². The lowest BCUT2D eigenvalue weighted by Crippen LogP contribution is -2.07. The summed E-state index contributed by atoms with van der Waals surface area (Å²) in [6.07, 6.45) is 0. The van der Waals surface area contributed by atoms with Crippen molar-refractivity contribution >= 4 is 11.8 Å². The molecule has 0 unspecified atom stereocenters. The molecule has 0 spiro atoms. The fourth-order valence-electron chi connectivity index (χ4n) is 1.23. The zero-order valence-corrected chi connectivity index (χ0v) is 9.54. The molecule has 1 aromatic rings. The van der Waals surface area contributed by atoms with Gasteiger partial charge in [0.1, 0.15) is 0 Å². The third-order valence-corrected chi connectivity index (χ3v) is 1.99. The van der Waals surface area contributed by atoms with Gasteiger partial charge in [-0.2, -0.15) is 0 Å². The van der Waals surface area contributed by atoms with Gasteiger partial charge in [-0.3, -0.25) is 10.8 Å². The number of hydrogen-bond acceptors (Lipinski definition) is 4. The van der Waals surface area contributed by atoms with Crippen LogP contribution < -0.4 is 0 Å². The Morgan fingerprint density at radius 2 is 1.19 bits per heavy atom. The maximum absolute atomic E-state index is 7.58. The second-order valence-corrected chi connectivity index (χ2v) is 3.10. The number of ether oxygens (including phenoxy) is 2. The summed E-state index contributed by atoms with van der Waals surface area (Å²) in [5.74, 6) is 0.300. The summed E-state index contributed by atoms with van der Waals surface area (Å²) >= 11 is 0. The maximum Gasteiger partial charge on any atom is 0.213 e. The molecule has 0 aliphatic heterocycles. The van der Waals surface area contributed by atoms with Gasteiger partial charge in [-0.25, -0.2) is 0 Å². The highest BCUT2D eigenvalue weighted by Gasteiger charge is 2.04. The van der Waals surface area contributed by atoms with Gasteiger partial charge in [-0.05, 0) is 38.1 Å². The predicted molar refractivity (Wildman–Crippen MR) is 63.4 cm³/mol. The molecule has 0 saturated carbocycles. The molecule has 0 radical (unpaired) electrons. The lowest BCUT2D eigenvalue weighted by Gasteiger charge is -2.07. The standard InChI is InChI=1S/C12H16N2O2/c1-3-15-11(13)9-5-7-10(8-6-9)12(14)16-4-2/h5-8,13-14H,3-4H2,1-2H3. The Kier molecular flexibility index (Phi) is 4.51. The van der Waals surface area contributed by atoms with Crippen LogP contribution >= 0.6 is 0 Å². The highest BCUT2D eigenvalue weighted by molar-refractivity contribution is 5.95. The highest BCUT2D eigenvalue weighted by atomic mass is 16.5. The topological polar surface area (TPSA) is 66.2 Å². The normalized spacial score (nSPS) is 9.62. The predicted octanol–water partition coefficient (Wildman–Crippen LogP) is 2.41. The summed E-state index contributed by atoms with van der Waals surface area (Å²) in [6, 6.07) is 7.00. The zero-order chi connectivity index (χ0) is 12.0. The van der Waals surface area contributed by atoms with Crippen LogP contribution in [0.25, 0.3) is 0 Å². The van der Waals surface area contributed by atoms with E-state index >= 15 is 0 Å². The van der Waals surface area contributed by atoms with Crippen LogP contribution in [0, 0.1) is 10.8 Å². The summed E-state index contributed by atoms with van der Waals surface area (Å²) in [5, 5.41) is 15.2. The van der Waals surface area contributed by atoms with Crippen LogP contribution in [0.1, 0.15) is 25.0 Å². The van der Waals surface area contributed by atoms with Crippen molar-refractivity contribution in [3.05, 3.63) is 35.4 Å². The maximum atomic E-state index is 7.58. The van der Waals surface area contributed by atoms with E-state index in [0.29, 0.717) is 24.3 Å². The zero-order valence-electron chi connectivity index (χ0n) is 9.54. The lowest BCUT2D eigenvalue weighted by molar-refractivity contribution is 0.324. The van der Waals surface area contributed by atoms with Crippen molar-refractivity contribution in [2.45, 2.75) is 13.8 Å². The summed E-state index contributed by atoms with van der Waals surface area (Å²) in [6.45, 7) is 4.64. The quantitative estimate of drug-likeness (QED) is 0.604. The number of hydrogen-bond donors (Lipinski definition) is 2. The molecular weight excluding hydrogens is 204 g/mol. The van der Waals surface area contributed by atoms with Crippen LogP contribution in [0.3, 0.4) is 0 Å². The molecule has 4 nitrogen and oxygen atoms in total. The van der Waals surface area contributed by atoms with Crippen molar-refractivity contribution in [1.29, 1.82) is 10.8 Å². The van der Waals surface area contributed by atoms with Crippen LogP contribution in [0.15, 0.2) is 24.3 Å². The lowest BCUT2D eigenvalue weighted by atomic mass is 10.1. The minimum Gasteiger partial charge on any atom is -0.478 e. The largest absolute Gasteiger partial charge is 0.478 e. The van der Waals surface area contributed by atoms with Gasteiger partial charge in [0.2, 0.25) is 11.8 Å². The van der Waals surface area contributed by atoms with E-state index in [9.17, 15) is 0 Å². The third-order valence-electron chi connectivity index (χ3n) is 1.99. The molecule has 2 N–H and O–H groups in total. The Morgan fingerprint density at radius 3 is 1.44 bits per heavy atom. The minimum atomic E-state index is 0.150.